The fourth-order valence-electron chi connectivity index (χ4n) is 3.07. The topological polar surface area (TPSA) is 35.6 Å². The Morgan fingerprint density at radius 2 is 1.95 bits per heavy atom. The van der Waals surface area contributed by atoms with Crippen molar-refractivity contribution in [3.05, 3.63) is 29.8 Å². The number of hydrogen-bond donors (Lipinski definition) is 1. The summed E-state index contributed by atoms with van der Waals surface area (Å²) in [6.45, 7) is 6.29. The molecule has 2 saturated heterocycles. The zero-order chi connectivity index (χ0) is 15.4. The van der Waals surface area contributed by atoms with Crippen molar-refractivity contribution in [1.82, 2.24) is 9.80 Å². The lowest BCUT2D eigenvalue weighted by Crippen LogP contribution is -2.47. The molecule has 3 rings (SSSR count). The van der Waals surface area contributed by atoms with Gasteiger partial charge >= 0.3 is 0 Å². The number of hydrogen-bond acceptors (Lipinski definition) is 4. The van der Waals surface area contributed by atoms with Crippen molar-refractivity contribution >= 4 is 23.4 Å². The molecule has 0 bridgehead atoms. The lowest BCUT2D eigenvalue weighted by molar-refractivity contribution is -0.130. The number of piperazine rings is 1. The van der Waals surface area contributed by atoms with Gasteiger partial charge in [0.25, 0.3) is 0 Å². The van der Waals surface area contributed by atoms with Gasteiger partial charge in [-0.2, -0.15) is 11.8 Å². The zero-order valence-corrected chi connectivity index (χ0v) is 14.1. The second-order valence-electron chi connectivity index (χ2n) is 6.18. The van der Waals surface area contributed by atoms with Crippen LogP contribution >= 0.6 is 11.8 Å². The minimum absolute atomic E-state index is 0.195. The highest BCUT2D eigenvalue weighted by Crippen LogP contribution is 2.21. The fraction of sp³-hybridized carbons (Fsp3) is 0.588. The second-order valence-corrected chi connectivity index (χ2v) is 7.33. The normalized spacial score (nSPS) is 22.8. The first-order valence-corrected chi connectivity index (χ1v) is 9.27. The number of carbonyl (C=O) groups excluding carboxylic acids is 1. The van der Waals surface area contributed by atoms with E-state index in [2.05, 4.69) is 34.5 Å². The van der Waals surface area contributed by atoms with E-state index < -0.39 is 0 Å². The van der Waals surface area contributed by atoms with Crippen LogP contribution in [0.15, 0.2) is 24.3 Å². The summed E-state index contributed by atoms with van der Waals surface area (Å²) in [7, 11) is 0. The van der Waals surface area contributed by atoms with Gasteiger partial charge in [-0.05, 0) is 29.9 Å². The number of rotatable bonds is 4. The predicted molar refractivity (Wildman–Crippen MR) is 93.3 cm³/mol. The largest absolute Gasteiger partial charge is 0.381 e. The summed E-state index contributed by atoms with van der Waals surface area (Å²) in [6, 6.07) is 9.48. The number of amides is 1. The van der Waals surface area contributed by atoms with E-state index in [1.54, 1.807) is 6.92 Å². The molecule has 120 valence electrons. The molecule has 0 radical (unpaired) electrons. The molecule has 2 aliphatic heterocycles. The maximum atomic E-state index is 11.3. The highest BCUT2D eigenvalue weighted by molar-refractivity contribution is 7.99. The van der Waals surface area contributed by atoms with Crippen molar-refractivity contribution in [1.29, 1.82) is 0 Å². The highest BCUT2D eigenvalue weighted by Gasteiger charge is 2.18. The molecule has 1 atom stereocenters. The Morgan fingerprint density at radius 3 is 2.55 bits per heavy atom. The molecular formula is C17H25N3OS. The number of nitrogens with one attached hydrogen (secondary N) is 1. The van der Waals surface area contributed by atoms with Gasteiger partial charge in [-0.3, -0.25) is 9.69 Å². The van der Waals surface area contributed by atoms with E-state index in [9.17, 15) is 4.79 Å². The van der Waals surface area contributed by atoms with Crippen LogP contribution in [-0.4, -0.2) is 59.4 Å². The summed E-state index contributed by atoms with van der Waals surface area (Å²) in [5.41, 5.74) is 2.58. The number of anilines is 1. The maximum Gasteiger partial charge on any atom is 0.219 e. The highest BCUT2D eigenvalue weighted by atomic mass is 32.2. The summed E-state index contributed by atoms with van der Waals surface area (Å²) >= 11 is 2.03. The molecule has 2 fully saturated rings. The van der Waals surface area contributed by atoms with Crippen molar-refractivity contribution in [2.45, 2.75) is 25.9 Å². The third-order valence-corrected chi connectivity index (χ3v) is 5.64. The molecule has 2 aliphatic rings. The molecule has 0 saturated carbocycles. The number of thioether (sulfide) groups is 1. The molecule has 1 N–H and O–H groups in total. The van der Waals surface area contributed by atoms with Crippen LogP contribution in [0.25, 0.3) is 0 Å². The zero-order valence-electron chi connectivity index (χ0n) is 13.3. The van der Waals surface area contributed by atoms with Crippen molar-refractivity contribution in [2.24, 2.45) is 0 Å². The first kappa shape index (κ1) is 15.7. The van der Waals surface area contributed by atoms with Crippen LogP contribution in [0.1, 0.15) is 18.9 Å². The lowest BCUT2D eigenvalue weighted by atomic mass is 10.1. The van der Waals surface area contributed by atoms with Gasteiger partial charge in [0, 0.05) is 57.1 Å². The standard InChI is InChI=1S/C17H25N3OS/c1-14(21)20-9-7-19(8-10-20)12-15-2-4-16(5-3-15)18-17-6-11-22-13-17/h2-5,17-18H,6-13H2,1H3/t17-/m0/s1. The summed E-state index contributed by atoms with van der Waals surface area (Å²) in [6.07, 6.45) is 1.27. The van der Waals surface area contributed by atoms with Gasteiger partial charge < -0.3 is 10.2 Å². The van der Waals surface area contributed by atoms with E-state index >= 15 is 0 Å². The van der Waals surface area contributed by atoms with Crippen molar-refractivity contribution < 1.29 is 4.79 Å². The summed E-state index contributed by atoms with van der Waals surface area (Å²) in [5, 5.41) is 3.61. The number of carbonyl (C=O) groups is 1. The predicted octanol–water partition coefficient (Wildman–Crippen LogP) is 2.27. The molecule has 2 heterocycles. The van der Waals surface area contributed by atoms with Crippen LogP contribution in [0.5, 0.6) is 0 Å². The quantitative estimate of drug-likeness (QED) is 0.923. The molecule has 22 heavy (non-hydrogen) atoms. The van der Waals surface area contributed by atoms with Gasteiger partial charge in [-0.15, -0.1) is 0 Å². The SMILES string of the molecule is CC(=O)N1CCN(Cc2ccc(N[C@H]3CCSC3)cc2)CC1. The average molecular weight is 319 g/mol. The van der Waals surface area contributed by atoms with E-state index in [-0.39, 0.29) is 5.91 Å². The Morgan fingerprint density at radius 1 is 1.23 bits per heavy atom. The van der Waals surface area contributed by atoms with Gasteiger partial charge in [0.05, 0.1) is 0 Å². The van der Waals surface area contributed by atoms with Gasteiger partial charge in [-0.25, -0.2) is 0 Å². The average Bonchev–Trinajstić information content (AvgIpc) is 3.03. The van der Waals surface area contributed by atoms with E-state index in [0.29, 0.717) is 6.04 Å². The van der Waals surface area contributed by atoms with E-state index in [1.807, 2.05) is 16.7 Å². The molecule has 1 aromatic carbocycles. The van der Waals surface area contributed by atoms with Crippen LogP contribution in [-0.2, 0) is 11.3 Å². The Bertz CT molecular complexity index is 491. The van der Waals surface area contributed by atoms with Gasteiger partial charge in [0.2, 0.25) is 5.91 Å². The van der Waals surface area contributed by atoms with E-state index in [4.69, 9.17) is 0 Å². The first-order chi connectivity index (χ1) is 10.7. The van der Waals surface area contributed by atoms with Crippen LogP contribution in [0.3, 0.4) is 0 Å². The molecule has 1 amide bonds. The summed E-state index contributed by atoms with van der Waals surface area (Å²) in [5.74, 6) is 2.70. The molecule has 0 aromatic heterocycles. The third-order valence-electron chi connectivity index (χ3n) is 4.48. The molecule has 1 aromatic rings. The van der Waals surface area contributed by atoms with Crippen molar-refractivity contribution in [3.63, 3.8) is 0 Å². The Kier molecular flexibility index (Phi) is 5.26. The molecule has 0 spiro atoms. The smallest absolute Gasteiger partial charge is 0.219 e. The second kappa shape index (κ2) is 7.38. The Hall–Kier alpha value is -1.20. The monoisotopic (exact) mass is 319 g/mol. The molecule has 0 unspecified atom stereocenters. The number of benzene rings is 1. The first-order valence-electron chi connectivity index (χ1n) is 8.12. The van der Waals surface area contributed by atoms with Gasteiger partial charge in [0.1, 0.15) is 0 Å². The van der Waals surface area contributed by atoms with Crippen LogP contribution < -0.4 is 5.32 Å². The van der Waals surface area contributed by atoms with E-state index in [0.717, 1.165) is 32.7 Å². The molecule has 0 aliphatic carbocycles. The third kappa shape index (κ3) is 4.17. The van der Waals surface area contributed by atoms with Crippen molar-refractivity contribution in [3.8, 4) is 0 Å². The Labute approximate surface area is 137 Å². The van der Waals surface area contributed by atoms with Crippen molar-refractivity contribution in [2.75, 3.05) is 43.0 Å². The van der Waals surface area contributed by atoms with Crippen LogP contribution in [0, 0.1) is 0 Å². The summed E-state index contributed by atoms with van der Waals surface area (Å²) in [4.78, 5) is 15.7. The summed E-state index contributed by atoms with van der Waals surface area (Å²) < 4.78 is 0. The maximum absolute atomic E-state index is 11.3. The molecule has 4 nitrogen and oxygen atoms in total. The Balaban J connectivity index is 1.48. The van der Waals surface area contributed by atoms with E-state index in [1.165, 1.54) is 29.2 Å². The van der Waals surface area contributed by atoms with Gasteiger partial charge in [0.15, 0.2) is 0 Å². The fourth-order valence-corrected chi connectivity index (χ4v) is 4.22. The molecule has 5 heteroatoms. The minimum Gasteiger partial charge on any atom is -0.381 e. The van der Waals surface area contributed by atoms with Crippen LogP contribution in [0.2, 0.25) is 0 Å². The lowest BCUT2D eigenvalue weighted by Gasteiger charge is -2.34. The van der Waals surface area contributed by atoms with Crippen LogP contribution in [0.4, 0.5) is 5.69 Å². The molecular weight excluding hydrogens is 294 g/mol. The van der Waals surface area contributed by atoms with Gasteiger partial charge in [-0.1, -0.05) is 12.1 Å². The number of nitrogens with zero attached hydrogens (tertiary/aromatic N) is 2. The minimum atomic E-state index is 0.195.